The zero-order valence-electron chi connectivity index (χ0n) is 13.1. The SMILES string of the molecule is CNc1ccc(C)cc1C(=O)NC(C)c1c(C)noc1C. The van der Waals surface area contributed by atoms with Crippen LogP contribution in [0.4, 0.5) is 5.69 Å². The zero-order chi connectivity index (χ0) is 15.6. The van der Waals surface area contributed by atoms with Crippen molar-refractivity contribution < 1.29 is 9.32 Å². The van der Waals surface area contributed by atoms with Crippen LogP contribution < -0.4 is 10.6 Å². The van der Waals surface area contributed by atoms with Crippen LogP contribution in [0, 0.1) is 20.8 Å². The average molecular weight is 287 g/mol. The molecule has 2 N–H and O–H groups in total. The maximum absolute atomic E-state index is 12.5. The maximum atomic E-state index is 12.5. The number of benzene rings is 1. The van der Waals surface area contributed by atoms with E-state index in [1.54, 1.807) is 7.05 Å². The van der Waals surface area contributed by atoms with E-state index >= 15 is 0 Å². The molecule has 5 heteroatoms. The first-order valence-corrected chi connectivity index (χ1v) is 6.96. The lowest BCUT2D eigenvalue weighted by molar-refractivity contribution is 0.0940. The Hall–Kier alpha value is -2.30. The van der Waals surface area contributed by atoms with Gasteiger partial charge in [-0.05, 0) is 39.8 Å². The summed E-state index contributed by atoms with van der Waals surface area (Å²) in [5, 5.41) is 9.97. The molecule has 0 bridgehead atoms. The lowest BCUT2D eigenvalue weighted by Gasteiger charge is -2.16. The fourth-order valence-electron chi connectivity index (χ4n) is 2.52. The van der Waals surface area contributed by atoms with Crippen molar-refractivity contribution in [1.29, 1.82) is 0 Å². The number of nitrogens with zero attached hydrogens (tertiary/aromatic N) is 1. The molecule has 0 aliphatic carbocycles. The Morgan fingerprint density at radius 1 is 1.29 bits per heavy atom. The molecule has 0 aliphatic rings. The Balaban J connectivity index is 2.24. The smallest absolute Gasteiger partial charge is 0.253 e. The Kier molecular flexibility index (Phi) is 4.31. The second-order valence-electron chi connectivity index (χ2n) is 5.23. The van der Waals surface area contributed by atoms with Crippen LogP contribution in [0.3, 0.4) is 0 Å². The Morgan fingerprint density at radius 2 is 2.00 bits per heavy atom. The van der Waals surface area contributed by atoms with Crippen LogP contribution >= 0.6 is 0 Å². The Bertz CT molecular complexity index is 642. The third-order valence-corrected chi connectivity index (χ3v) is 3.56. The number of nitrogens with one attached hydrogen (secondary N) is 2. The Morgan fingerprint density at radius 3 is 2.57 bits per heavy atom. The molecule has 112 valence electrons. The molecule has 1 aromatic heterocycles. The molecule has 1 amide bonds. The first-order valence-electron chi connectivity index (χ1n) is 6.96. The summed E-state index contributed by atoms with van der Waals surface area (Å²) in [7, 11) is 1.80. The van der Waals surface area contributed by atoms with Crippen molar-refractivity contribution >= 4 is 11.6 Å². The zero-order valence-corrected chi connectivity index (χ0v) is 13.1. The predicted octanol–water partition coefficient (Wildman–Crippen LogP) is 3.13. The van der Waals surface area contributed by atoms with E-state index < -0.39 is 0 Å². The van der Waals surface area contributed by atoms with Crippen LogP contribution in [-0.4, -0.2) is 18.1 Å². The van der Waals surface area contributed by atoms with Gasteiger partial charge in [-0.3, -0.25) is 4.79 Å². The molecule has 1 aromatic carbocycles. The van der Waals surface area contributed by atoms with Crippen LogP contribution in [0.1, 0.15) is 45.9 Å². The van der Waals surface area contributed by atoms with Gasteiger partial charge in [0.2, 0.25) is 0 Å². The van der Waals surface area contributed by atoms with Crippen LogP contribution in [0.2, 0.25) is 0 Å². The van der Waals surface area contributed by atoms with Gasteiger partial charge in [-0.15, -0.1) is 0 Å². The van der Waals surface area contributed by atoms with Crippen molar-refractivity contribution in [2.75, 3.05) is 12.4 Å². The highest BCUT2D eigenvalue weighted by molar-refractivity contribution is 6.00. The summed E-state index contributed by atoms with van der Waals surface area (Å²) in [5.74, 6) is 0.619. The molecule has 2 aromatic rings. The molecule has 5 nitrogen and oxygen atoms in total. The van der Waals surface area contributed by atoms with E-state index in [0.29, 0.717) is 5.56 Å². The third-order valence-electron chi connectivity index (χ3n) is 3.56. The molecule has 0 saturated carbocycles. The molecule has 0 fully saturated rings. The normalized spacial score (nSPS) is 12.0. The number of hydrogen-bond acceptors (Lipinski definition) is 4. The monoisotopic (exact) mass is 287 g/mol. The number of carbonyl (C=O) groups is 1. The van der Waals surface area contributed by atoms with Crippen molar-refractivity contribution in [3.63, 3.8) is 0 Å². The second kappa shape index (κ2) is 5.99. The summed E-state index contributed by atoms with van der Waals surface area (Å²) in [6, 6.07) is 5.60. The number of carbonyl (C=O) groups excluding carboxylic acids is 1. The number of aromatic nitrogens is 1. The molecule has 0 aliphatic heterocycles. The minimum absolute atomic E-state index is 0.115. The largest absolute Gasteiger partial charge is 0.387 e. The lowest BCUT2D eigenvalue weighted by atomic mass is 10.0. The van der Waals surface area contributed by atoms with Gasteiger partial charge in [-0.25, -0.2) is 0 Å². The molecule has 0 radical (unpaired) electrons. The minimum Gasteiger partial charge on any atom is -0.387 e. The van der Waals surface area contributed by atoms with Crippen LogP contribution in [-0.2, 0) is 0 Å². The summed E-state index contributed by atoms with van der Waals surface area (Å²) in [4.78, 5) is 12.5. The molecule has 0 saturated heterocycles. The molecule has 0 spiro atoms. The van der Waals surface area contributed by atoms with Gasteiger partial charge >= 0.3 is 0 Å². The van der Waals surface area contributed by atoms with E-state index in [2.05, 4.69) is 15.8 Å². The minimum atomic E-state index is -0.158. The van der Waals surface area contributed by atoms with Gasteiger partial charge in [0.15, 0.2) is 0 Å². The number of anilines is 1. The number of amides is 1. The first-order chi connectivity index (χ1) is 9.93. The highest BCUT2D eigenvalue weighted by Gasteiger charge is 2.20. The molecule has 1 atom stereocenters. The van der Waals surface area contributed by atoms with E-state index in [1.165, 1.54) is 0 Å². The molecule has 1 heterocycles. The maximum Gasteiger partial charge on any atom is 0.253 e. The lowest BCUT2D eigenvalue weighted by Crippen LogP contribution is -2.28. The summed E-state index contributed by atoms with van der Waals surface area (Å²) >= 11 is 0. The summed E-state index contributed by atoms with van der Waals surface area (Å²) in [5.41, 5.74) is 4.23. The van der Waals surface area contributed by atoms with Gasteiger partial charge < -0.3 is 15.2 Å². The number of aryl methyl sites for hydroxylation is 3. The fraction of sp³-hybridized carbons (Fsp3) is 0.375. The second-order valence-corrected chi connectivity index (χ2v) is 5.23. The van der Waals surface area contributed by atoms with E-state index in [1.807, 2.05) is 45.9 Å². The van der Waals surface area contributed by atoms with E-state index in [-0.39, 0.29) is 11.9 Å². The fourth-order valence-corrected chi connectivity index (χ4v) is 2.52. The van der Waals surface area contributed by atoms with Crippen LogP contribution in [0.25, 0.3) is 0 Å². The Labute approximate surface area is 124 Å². The van der Waals surface area contributed by atoms with Crippen LogP contribution in [0.5, 0.6) is 0 Å². The van der Waals surface area contributed by atoms with E-state index in [4.69, 9.17) is 4.52 Å². The molecule has 21 heavy (non-hydrogen) atoms. The summed E-state index contributed by atoms with van der Waals surface area (Å²) in [6.45, 7) is 7.62. The van der Waals surface area contributed by atoms with Crippen LogP contribution in [0.15, 0.2) is 22.7 Å². The van der Waals surface area contributed by atoms with Crippen molar-refractivity contribution in [2.45, 2.75) is 33.7 Å². The predicted molar refractivity (Wildman–Crippen MR) is 82.6 cm³/mol. The highest BCUT2D eigenvalue weighted by atomic mass is 16.5. The standard InChI is InChI=1S/C16H21N3O2/c1-9-6-7-14(17-5)13(8-9)16(20)18-10(2)15-11(3)19-21-12(15)4/h6-8,10,17H,1-5H3,(H,18,20). The average Bonchev–Trinajstić information content (AvgIpc) is 2.78. The molecular formula is C16H21N3O2. The molecule has 1 unspecified atom stereocenters. The van der Waals surface area contributed by atoms with Gasteiger partial charge in [-0.2, -0.15) is 0 Å². The van der Waals surface area contributed by atoms with Crippen molar-refractivity contribution in [2.24, 2.45) is 0 Å². The number of hydrogen-bond donors (Lipinski definition) is 2. The molecule has 2 rings (SSSR count). The van der Waals surface area contributed by atoms with Gasteiger partial charge in [0, 0.05) is 18.3 Å². The van der Waals surface area contributed by atoms with Crippen molar-refractivity contribution in [3.8, 4) is 0 Å². The van der Waals surface area contributed by atoms with E-state index in [9.17, 15) is 4.79 Å². The summed E-state index contributed by atoms with van der Waals surface area (Å²) in [6.07, 6.45) is 0. The van der Waals surface area contributed by atoms with Crippen molar-refractivity contribution in [3.05, 3.63) is 46.3 Å². The summed E-state index contributed by atoms with van der Waals surface area (Å²) < 4.78 is 5.15. The van der Waals surface area contributed by atoms with E-state index in [0.717, 1.165) is 28.3 Å². The van der Waals surface area contributed by atoms with Gasteiger partial charge in [0.1, 0.15) is 5.76 Å². The van der Waals surface area contributed by atoms with Gasteiger partial charge in [0.05, 0.1) is 17.3 Å². The first kappa shape index (κ1) is 15.1. The van der Waals surface area contributed by atoms with Gasteiger partial charge in [-0.1, -0.05) is 16.8 Å². The van der Waals surface area contributed by atoms with Gasteiger partial charge in [0.25, 0.3) is 5.91 Å². The highest BCUT2D eigenvalue weighted by Crippen LogP contribution is 2.23. The quantitative estimate of drug-likeness (QED) is 0.906. The number of rotatable bonds is 4. The topological polar surface area (TPSA) is 67.2 Å². The van der Waals surface area contributed by atoms with Crippen molar-refractivity contribution in [1.82, 2.24) is 10.5 Å². The third kappa shape index (κ3) is 3.07. The molecular weight excluding hydrogens is 266 g/mol.